The van der Waals surface area contributed by atoms with Crippen molar-refractivity contribution >= 4 is 12.3 Å². The zero-order chi connectivity index (χ0) is 15.3. The fourth-order valence-corrected chi connectivity index (χ4v) is 1.77. The standard InChI is InChI=1S/C14H20N2O4/c1-14(2,3)20-16(9-17)11(8-13(15)19)10-6-4-5-7-12(10)18/h4-7,9,11,18H,8H2,1-3H3,(H2,15,19). The summed E-state index contributed by atoms with van der Waals surface area (Å²) in [5, 5.41) is 10.9. The van der Waals surface area contributed by atoms with Crippen molar-refractivity contribution in [3.8, 4) is 5.75 Å². The van der Waals surface area contributed by atoms with E-state index in [1.54, 1.807) is 39.0 Å². The van der Waals surface area contributed by atoms with E-state index in [2.05, 4.69) is 0 Å². The van der Waals surface area contributed by atoms with E-state index in [4.69, 9.17) is 10.6 Å². The van der Waals surface area contributed by atoms with Crippen molar-refractivity contribution in [3.05, 3.63) is 29.8 Å². The Labute approximate surface area is 118 Å². The zero-order valence-corrected chi connectivity index (χ0v) is 11.9. The number of rotatable bonds is 6. The molecule has 110 valence electrons. The number of aromatic hydroxyl groups is 1. The molecule has 0 radical (unpaired) electrons. The van der Waals surface area contributed by atoms with Crippen LogP contribution in [0.5, 0.6) is 5.75 Å². The number of hydroxylamine groups is 2. The lowest BCUT2D eigenvalue weighted by Gasteiger charge is -2.32. The Kier molecular flexibility index (Phi) is 5.10. The van der Waals surface area contributed by atoms with E-state index < -0.39 is 17.6 Å². The first kappa shape index (κ1) is 16.0. The minimum absolute atomic E-state index is 0.0249. The van der Waals surface area contributed by atoms with Crippen molar-refractivity contribution < 1.29 is 19.5 Å². The predicted octanol–water partition coefficient (Wildman–Crippen LogP) is 1.50. The van der Waals surface area contributed by atoms with Gasteiger partial charge < -0.3 is 10.8 Å². The normalized spacial score (nSPS) is 12.8. The molecule has 0 saturated carbocycles. The highest BCUT2D eigenvalue weighted by atomic mass is 16.7. The Hall–Kier alpha value is -2.08. The minimum atomic E-state index is -0.773. The number of hydrogen-bond donors (Lipinski definition) is 2. The predicted molar refractivity (Wildman–Crippen MR) is 73.4 cm³/mol. The number of nitrogens with zero attached hydrogens (tertiary/aromatic N) is 1. The third-order valence-corrected chi connectivity index (χ3v) is 2.48. The molecule has 0 saturated heterocycles. The van der Waals surface area contributed by atoms with Crippen LogP contribution in [0.4, 0.5) is 0 Å². The number of para-hydroxylation sites is 1. The van der Waals surface area contributed by atoms with Gasteiger partial charge in [-0.15, -0.1) is 0 Å². The zero-order valence-electron chi connectivity index (χ0n) is 11.9. The van der Waals surface area contributed by atoms with Crippen LogP contribution in [-0.4, -0.2) is 28.1 Å². The lowest BCUT2D eigenvalue weighted by molar-refractivity contribution is -0.234. The van der Waals surface area contributed by atoms with Gasteiger partial charge in [0.2, 0.25) is 12.3 Å². The monoisotopic (exact) mass is 280 g/mol. The number of benzene rings is 1. The van der Waals surface area contributed by atoms with Crippen molar-refractivity contribution in [3.63, 3.8) is 0 Å². The molecule has 2 amide bonds. The third-order valence-electron chi connectivity index (χ3n) is 2.48. The van der Waals surface area contributed by atoms with E-state index in [0.29, 0.717) is 12.0 Å². The van der Waals surface area contributed by atoms with Crippen LogP contribution in [0.2, 0.25) is 0 Å². The van der Waals surface area contributed by atoms with Gasteiger partial charge in [0.25, 0.3) is 0 Å². The van der Waals surface area contributed by atoms with Crippen LogP contribution < -0.4 is 5.73 Å². The number of primary amides is 1. The maximum absolute atomic E-state index is 11.3. The summed E-state index contributed by atoms with van der Waals surface area (Å²) in [5.74, 6) is -0.620. The Morgan fingerprint density at radius 2 is 2.05 bits per heavy atom. The van der Waals surface area contributed by atoms with Gasteiger partial charge in [-0.05, 0) is 26.8 Å². The van der Waals surface area contributed by atoms with Crippen LogP contribution >= 0.6 is 0 Å². The Bertz CT molecular complexity index is 482. The molecule has 0 aliphatic carbocycles. The fourth-order valence-electron chi connectivity index (χ4n) is 1.77. The average Bonchev–Trinajstić information content (AvgIpc) is 2.33. The second-order valence-corrected chi connectivity index (χ2v) is 5.41. The van der Waals surface area contributed by atoms with E-state index >= 15 is 0 Å². The molecule has 6 nitrogen and oxygen atoms in total. The van der Waals surface area contributed by atoms with Gasteiger partial charge in [-0.3, -0.25) is 14.4 Å². The second-order valence-electron chi connectivity index (χ2n) is 5.41. The number of carbonyl (C=O) groups is 2. The number of hydrogen-bond acceptors (Lipinski definition) is 4. The lowest BCUT2D eigenvalue weighted by Crippen LogP contribution is -2.37. The second kappa shape index (κ2) is 6.38. The van der Waals surface area contributed by atoms with Crippen LogP contribution in [0.3, 0.4) is 0 Å². The molecule has 0 bridgehead atoms. The molecule has 1 rings (SSSR count). The molecule has 0 heterocycles. The van der Waals surface area contributed by atoms with Gasteiger partial charge in [0.05, 0.1) is 18.1 Å². The number of phenolic OH excluding ortho intramolecular Hbond substituents is 1. The van der Waals surface area contributed by atoms with Gasteiger partial charge in [0.15, 0.2) is 0 Å². The van der Waals surface area contributed by atoms with Crippen molar-refractivity contribution in [1.29, 1.82) is 0 Å². The molecule has 3 N–H and O–H groups in total. The highest BCUT2D eigenvalue weighted by Crippen LogP contribution is 2.31. The summed E-state index contributed by atoms with van der Waals surface area (Å²) in [4.78, 5) is 28.0. The number of nitrogens with two attached hydrogens (primary N) is 1. The smallest absolute Gasteiger partial charge is 0.233 e. The van der Waals surface area contributed by atoms with Crippen molar-refractivity contribution in [1.82, 2.24) is 5.06 Å². The van der Waals surface area contributed by atoms with E-state index in [-0.39, 0.29) is 12.2 Å². The molecule has 0 aliphatic rings. The highest BCUT2D eigenvalue weighted by molar-refractivity contribution is 5.75. The quantitative estimate of drug-likeness (QED) is 0.610. The summed E-state index contributed by atoms with van der Waals surface area (Å²) in [6, 6.07) is 5.67. The molecule has 1 aromatic carbocycles. The average molecular weight is 280 g/mol. The first-order valence-corrected chi connectivity index (χ1v) is 6.23. The van der Waals surface area contributed by atoms with Gasteiger partial charge in [-0.1, -0.05) is 18.2 Å². The third kappa shape index (κ3) is 4.55. The Morgan fingerprint density at radius 3 is 2.50 bits per heavy atom. The van der Waals surface area contributed by atoms with E-state index in [1.165, 1.54) is 6.07 Å². The topological polar surface area (TPSA) is 92.9 Å². The van der Waals surface area contributed by atoms with Crippen molar-refractivity contribution in [2.45, 2.75) is 38.8 Å². The van der Waals surface area contributed by atoms with Crippen LogP contribution in [0.15, 0.2) is 24.3 Å². The molecule has 1 unspecified atom stereocenters. The van der Waals surface area contributed by atoms with Gasteiger partial charge in [0, 0.05) is 5.56 Å². The maximum Gasteiger partial charge on any atom is 0.233 e. The van der Waals surface area contributed by atoms with Gasteiger partial charge in [-0.25, -0.2) is 5.06 Å². The van der Waals surface area contributed by atoms with Gasteiger partial charge in [0.1, 0.15) is 5.75 Å². The molecule has 0 fully saturated rings. The maximum atomic E-state index is 11.3. The summed E-state index contributed by atoms with van der Waals surface area (Å²) < 4.78 is 0. The van der Waals surface area contributed by atoms with E-state index in [9.17, 15) is 14.7 Å². The number of amides is 2. The highest BCUT2D eigenvalue weighted by Gasteiger charge is 2.28. The molecule has 0 aromatic heterocycles. The first-order valence-electron chi connectivity index (χ1n) is 6.23. The van der Waals surface area contributed by atoms with Crippen LogP contribution in [0.1, 0.15) is 38.8 Å². The summed E-state index contributed by atoms with van der Waals surface area (Å²) in [7, 11) is 0. The fraction of sp³-hybridized carbons (Fsp3) is 0.429. The van der Waals surface area contributed by atoms with E-state index in [1.807, 2.05) is 0 Å². The van der Waals surface area contributed by atoms with Crippen LogP contribution in [-0.2, 0) is 14.4 Å². The van der Waals surface area contributed by atoms with Gasteiger partial charge >= 0.3 is 0 Å². The molecule has 6 heteroatoms. The molecule has 0 spiro atoms. The molecule has 1 atom stereocenters. The first-order chi connectivity index (χ1) is 9.24. The van der Waals surface area contributed by atoms with Gasteiger partial charge in [-0.2, -0.15) is 0 Å². The number of carbonyl (C=O) groups excluding carboxylic acids is 2. The molecule has 20 heavy (non-hydrogen) atoms. The largest absolute Gasteiger partial charge is 0.508 e. The van der Waals surface area contributed by atoms with Crippen molar-refractivity contribution in [2.24, 2.45) is 5.73 Å². The minimum Gasteiger partial charge on any atom is -0.508 e. The summed E-state index contributed by atoms with van der Waals surface area (Å²) in [5.41, 5.74) is 5.00. The molecular formula is C14H20N2O4. The summed E-state index contributed by atoms with van der Waals surface area (Å²) in [6.07, 6.45) is 0.331. The van der Waals surface area contributed by atoms with Crippen molar-refractivity contribution in [2.75, 3.05) is 0 Å². The summed E-state index contributed by atoms with van der Waals surface area (Å²) >= 11 is 0. The molecule has 0 aliphatic heterocycles. The van der Waals surface area contributed by atoms with Crippen LogP contribution in [0.25, 0.3) is 0 Å². The SMILES string of the molecule is CC(C)(C)ON(C=O)C(CC(N)=O)c1ccccc1O. The summed E-state index contributed by atoms with van der Waals surface area (Å²) in [6.45, 7) is 5.32. The van der Waals surface area contributed by atoms with Crippen LogP contribution in [0, 0.1) is 0 Å². The Balaban J connectivity index is 3.14. The molecule has 1 aromatic rings. The Morgan fingerprint density at radius 1 is 1.45 bits per heavy atom. The van der Waals surface area contributed by atoms with E-state index in [0.717, 1.165) is 5.06 Å². The molecular weight excluding hydrogens is 260 g/mol. The number of phenols is 1. The lowest BCUT2D eigenvalue weighted by atomic mass is 10.0.